The lowest BCUT2D eigenvalue weighted by Crippen LogP contribution is -2.32. The number of nitrogens with one attached hydrogen (secondary N) is 1. The second-order valence-electron chi connectivity index (χ2n) is 6.99. The summed E-state index contributed by atoms with van der Waals surface area (Å²) < 4.78 is 11.7. The van der Waals surface area contributed by atoms with Gasteiger partial charge < -0.3 is 14.8 Å². The summed E-state index contributed by atoms with van der Waals surface area (Å²) in [5, 5.41) is 2.59. The third-order valence-corrected chi connectivity index (χ3v) is 2.34. The first kappa shape index (κ1) is 18.0. The van der Waals surface area contributed by atoms with Crippen LogP contribution >= 0.6 is 0 Å². The van der Waals surface area contributed by atoms with E-state index in [4.69, 9.17) is 9.47 Å². The molecule has 0 unspecified atom stereocenters. The number of hydrogen-bond donors (Lipinski definition) is 1. The first-order chi connectivity index (χ1) is 9.87. The fourth-order valence-corrected chi connectivity index (χ4v) is 1.59. The van der Waals surface area contributed by atoms with Crippen LogP contribution in [-0.4, -0.2) is 32.9 Å². The molecule has 0 aliphatic carbocycles. The van der Waals surface area contributed by atoms with E-state index in [1.165, 1.54) is 4.57 Å². The number of aryl methyl sites for hydroxylation is 1. The molecule has 1 N–H and O–H groups in total. The van der Waals surface area contributed by atoms with Crippen molar-refractivity contribution in [2.75, 3.05) is 0 Å². The Bertz CT molecular complexity index is 550. The molecule has 0 aliphatic heterocycles. The van der Waals surface area contributed by atoms with Gasteiger partial charge in [0.1, 0.15) is 17.0 Å². The Kier molecular flexibility index (Phi) is 5.22. The molecule has 0 saturated heterocycles. The van der Waals surface area contributed by atoms with E-state index in [9.17, 15) is 9.59 Å². The summed E-state index contributed by atoms with van der Waals surface area (Å²) in [5.74, 6) is 0.496. The lowest BCUT2D eigenvalue weighted by Gasteiger charge is -2.19. The smallest absolute Gasteiger partial charge is 0.419 e. The van der Waals surface area contributed by atoms with Crippen LogP contribution < -0.4 is 5.32 Å². The summed E-state index contributed by atoms with van der Waals surface area (Å²) in [4.78, 5) is 27.8. The second kappa shape index (κ2) is 6.37. The number of ether oxygens (including phenoxy) is 2. The standard InChI is InChI=1S/C15H25N3O4/c1-10-17-11(8-16-12(19)21-14(2,3)4)9-18(10)13(20)22-15(5,6)7/h9H,8H2,1-7H3,(H,16,19). The van der Waals surface area contributed by atoms with Gasteiger partial charge in [-0.15, -0.1) is 0 Å². The van der Waals surface area contributed by atoms with E-state index in [-0.39, 0.29) is 6.54 Å². The number of carbonyl (C=O) groups is 2. The summed E-state index contributed by atoms with van der Waals surface area (Å²) >= 11 is 0. The van der Waals surface area contributed by atoms with E-state index >= 15 is 0 Å². The van der Waals surface area contributed by atoms with Crippen LogP contribution in [0.2, 0.25) is 0 Å². The minimum atomic E-state index is -0.581. The summed E-state index contributed by atoms with van der Waals surface area (Å²) in [6, 6.07) is 0. The molecule has 1 aromatic rings. The Morgan fingerprint density at radius 2 is 1.68 bits per heavy atom. The van der Waals surface area contributed by atoms with Gasteiger partial charge in [-0.1, -0.05) is 0 Å². The van der Waals surface area contributed by atoms with Crippen molar-refractivity contribution in [3.8, 4) is 0 Å². The first-order valence-corrected chi connectivity index (χ1v) is 7.12. The Labute approximate surface area is 131 Å². The number of hydrogen-bond acceptors (Lipinski definition) is 5. The third-order valence-electron chi connectivity index (χ3n) is 2.34. The van der Waals surface area contributed by atoms with Crippen molar-refractivity contribution in [2.24, 2.45) is 0 Å². The van der Waals surface area contributed by atoms with Gasteiger partial charge in [-0.3, -0.25) is 0 Å². The molecular weight excluding hydrogens is 286 g/mol. The molecule has 0 aliphatic rings. The number of imidazole rings is 1. The van der Waals surface area contributed by atoms with Gasteiger partial charge in [0.2, 0.25) is 0 Å². The highest BCUT2D eigenvalue weighted by molar-refractivity contribution is 5.71. The number of rotatable bonds is 2. The summed E-state index contributed by atoms with van der Waals surface area (Å²) in [6.07, 6.45) is 0.513. The number of aromatic nitrogens is 2. The van der Waals surface area contributed by atoms with Crippen molar-refractivity contribution >= 4 is 12.2 Å². The van der Waals surface area contributed by atoms with E-state index in [1.807, 2.05) is 0 Å². The van der Waals surface area contributed by atoms with E-state index in [2.05, 4.69) is 10.3 Å². The molecule has 1 rings (SSSR count). The largest absolute Gasteiger partial charge is 0.444 e. The van der Waals surface area contributed by atoms with E-state index in [1.54, 1.807) is 54.7 Å². The van der Waals surface area contributed by atoms with Gasteiger partial charge in [-0.05, 0) is 48.5 Å². The molecule has 0 saturated carbocycles. The molecule has 22 heavy (non-hydrogen) atoms. The molecule has 124 valence electrons. The van der Waals surface area contributed by atoms with E-state index < -0.39 is 23.4 Å². The predicted octanol–water partition coefficient (Wildman–Crippen LogP) is 3.00. The van der Waals surface area contributed by atoms with Gasteiger partial charge in [-0.2, -0.15) is 0 Å². The van der Waals surface area contributed by atoms with Gasteiger partial charge in [-0.25, -0.2) is 19.1 Å². The molecule has 0 aromatic carbocycles. The molecule has 0 fully saturated rings. The fraction of sp³-hybridized carbons (Fsp3) is 0.667. The normalized spacial score (nSPS) is 12.0. The van der Waals surface area contributed by atoms with Crippen LogP contribution in [0.4, 0.5) is 9.59 Å². The summed E-state index contributed by atoms with van der Waals surface area (Å²) in [6.45, 7) is 12.6. The molecule has 7 nitrogen and oxygen atoms in total. The van der Waals surface area contributed by atoms with Gasteiger partial charge in [0, 0.05) is 6.20 Å². The Balaban J connectivity index is 2.66. The number of amides is 1. The zero-order valence-electron chi connectivity index (χ0n) is 14.3. The van der Waals surface area contributed by atoms with Crippen LogP contribution in [0.5, 0.6) is 0 Å². The van der Waals surface area contributed by atoms with E-state index in [0.717, 1.165) is 0 Å². The summed E-state index contributed by atoms with van der Waals surface area (Å²) in [7, 11) is 0. The Morgan fingerprint density at radius 1 is 1.14 bits per heavy atom. The molecule has 0 spiro atoms. The van der Waals surface area contributed by atoms with Crippen LogP contribution in [0.15, 0.2) is 6.20 Å². The number of nitrogens with zero attached hydrogens (tertiary/aromatic N) is 2. The van der Waals surface area contributed by atoms with Crippen LogP contribution in [0.1, 0.15) is 53.1 Å². The maximum absolute atomic E-state index is 12.0. The van der Waals surface area contributed by atoms with Crippen molar-refractivity contribution in [2.45, 2.75) is 66.2 Å². The first-order valence-electron chi connectivity index (χ1n) is 7.12. The molecule has 1 heterocycles. The second-order valence-corrected chi connectivity index (χ2v) is 6.99. The van der Waals surface area contributed by atoms with Crippen LogP contribution in [0.3, 0.4) is 0 Å². The molecule has 0 atom stereocenters. The minimum Gasteiger partial charge on any atom is -0.444 e. The SMILES string of the molecule is Cc1nc(CNC(=O)OC(C)(C)C)cn1C(=O)OC(C)(C)C. The Morgan fingerprint density at radius 3 is 2.18 bits per heavy atom. The van der Waals surface area contributed by atoms with Gasteiger partial charge in [0.05, 0.1) is 12.2 Å². The van der Waals surface area contributed by atoms with Crippen molar-refractivity contribution in [1.29, 1.82) is 0 Å². The van der Waals surface area contributed by atoms with E-state index in [0.29, 0.717) is 11.5 Å². The van der Waals surface area contributed by atoms with Crippen LogP contribution in [0.25, 0.3) is 0 Å². The zero-order valence-corrected chi connectivity index (χ0v) is 14.3. The summed E-state index contributed by atoms with van der Waals surface area (Å²) in [5.41, 5.74) is -0.590. The average molecular weight is 311 g/mol. The number of alkyl carbamates (subject to hydrolysis) is 1. The van der Waals surface area contributed by atoms with Crippen molar-refractivity contribution < 1.29 is 19.1 Å². The quantitative estimate of drug-likeness (QED) is 0.908. The molecule has 0 radical (unpaired) electrons. The molecule has 1 aromatic heterocycles. The lowest BCUT2D eigenvalue weighted by molar-refractivity contribution is 0.0518. The fourth-order valence-electron chi connectivity index (χ4n) is 1.59. The van der Waals surface area contributed by atoms with Gasteiger partial charge >= 0.3 is 12.2 Å². The van der Waals surface area contributed by atoms with Gasteiger partial charge in [0.15, 0.2) is 0 Å². The molecule has 1 amide bonds. The average Bonchev–Trinajstić information content (AvgIpc) is 2.63. The van der Waals surface area contributed by atoms with Crippen molar-refractivity contribution in [1.82, 2.24) is 14.9 Å². The zero-order chi connectivity index (χ0) is 17.1. The van der Waals surface area contributed by atoms with Crippen molar-refractivity contribution in [3.63, 3.8) is 0 Å². The molecule has 7 heteroatoms. The van der Waals surface area contributed by atoms with Crippen molar-refractivity contribution in [3.05, 3.63) is 17.7 Å². The van der Waals surface area contributed by atoms with Crippen LogP contribution in [-0.2, 0) is 16.0 Å². The predicted molar refractivity (Wildman–Crippen MR) is 81.7 cm³/mol. The highest BCUT2D eigenvalue weighted by Crippen LogP contribution is 2.11. The monoisotopic (exact) mass is 311 g/mol. The molecular formula is C15H25N3O4. The highest BCUT2D eigenvalue weighted by Gasteiger charge is 2.20. The highest BCUT2D eigenvalue weighted by atomic mass is 16.6. The maximum atomic E-state index is 12.0. The Hall–Kier alpha value is -2.05. The molecule has 0 bridgehead atoms. The topological polar surface area (TPSA) is 82.5 Å². The number of carbonyl (C=O) groups excluding carboxylic acids is 2. The minimum absolute atomic E-state index is 0.172. The van der Waals surface area contributed by atoms with Crippen LogP contribution in [0, 0.1) is 6.92 Å². The van der Waals surface area contributed by atoms with Gasteiger partial charge in [0.25, 0.3) is 0 Å². The lowest BCUT2D eigenvalue weighted by atomic mass is 10.2. The maximum Gasteiger partial charge on any atom is 0.419 e. The third kappa shape index (κ3) is 6.15.